The van der Waals surface area contributed by atoms with Crippen molar-refractivity contribution in [3.8, 4) is 0 Å². The lowest BCUT2D eigenvalue weighted by Crippen LogP contribution is -2.44. The molecule has 0 aliphatic carbocycles. The quantitative estimate of drug-likeness (QED) is 0.732. The van der Waals surface area contributed by atoms with Crippen molar-refractivity contribution in [3.05, 3.63) is 28.5 Å². The number of likely N-dealkylation sites (tertiary alicyclic amines) is 1. The molecule has 0 radical (unpaired) electrons. The number of nitrogens with one attached hydrogen (secondary N) is 1. The molecule has 1 N–H and O–H groups in total. The van der Waals surface area contributed by atoms with Crippen LogP contribution in [0.4, 0.5) is 28.0 Å². The van der Waals surface area contributed by atoms with Gasteiger partial charge in [0.2, 0.25) is 0 Å². The molecule has 1 saturated heterocycles. The van der Waals surface area contributed by atoms with E-state index in [0.29, 0.717) is 4.47 Å². The number of amides is 2. The number of benzene rings is 1. The van der Waals surface area contributed by atoms with Crippen molar-refractivity contribution in [3.63, 3.8) is 0 Å². The molecule has 0 saturated carbocycles. The monoisotopic (exact) mass is 368 g/mol. The highest BCUT2D eigenvalue weighted by atomic mass is 79.9. The fraction of sp³-hybridized carbons (Fsp3) is 0.462. The van der Waals surface area contributed by atoms with Crippen molar-refractivity contribution >= 4 is 27.6 Å². The van der Waals surface area contributed by atoms with Crippen LogP contribution < -0.4 is 5.32 Å². The summed E-state index contributed by atoms with van der Waals surface area (Å²) < 4.78 is 51.7. The molecule has 0 unspecified atom stereocenters. The summed E-state index contributed by atoms with van der Waals surface area (Å²) in [5.74, 6) is -1.98. The first-order valence-electron chi connectivity index (χ1n) is 6.35. The second kappa shape index (κ2) is 6.21. The van der Waals surface area contributed by atoms with Gasteiger partial charge >= 0.3 is 12.2 Å². The van der Waals surface area contributed by atoms with Crippen molar-refractivity contribution in [1.82, 2.24) is 4.90 Å². The SMILES string of the molecule is O=C(Nc1ccc(Br)cc1F)N1CCC(C(F)(F)F)CC1. The van der Waals surface area contributed by atoms with Crippen molar-refractivity contribution < 1.29 is 22.4 Å². The highest BCUT2D eigenvalue weighted by molar-refractivity contribution is 9.10. The predicted octanol–water partition coefficient (Wildman–Crippen LogP) is 4.39. The van der Waals surface area contributed by atoms with Crippen molar-refractivity contribution in [2.45, 2.75) is 19.0 Å². The lowest BCUT2D eigenvalue weighted by Gasteiger charge is -2.32. The van der Waals surface area contributed by atoms with E-state index in [1.807, 2.05) is 0 Å². The Balaban J connectivity index is 1.93. The summed E-state index contributed by atoms with van der Waals surface area (Å²) >= 11 is 3.09. The predicted molar refractivity (Wildman–Crippen MR) is 73.5 cm³/mol. The average molecular weight is 369 g/mol. The number of alkyl halides is 3. The van der Waals surface area contributed by atoms with Gasteiger partial charge in [-0.15, -0.1) is 0 Å². The van der Waals surface area contributed by atoms with Crippen molar-refractivity contribution in [1.29, 1.82) is 0 Å². The zero-order valence-corrected chi connectivity index (χ0v) is 12.5. The van der Waals surface area contributed by atoms with E-state index in [9.17, 15) is 22.4 Å². The molecular weight excluding hydrogens is 356 g/mol. The number of carbonyl (C=O) groups is 1. The van der Waals surface area contributed by atoms with Crippen molar-refractivity contribution in [2.24, 2.45) is 5.92 Å². The number of carbonyl (C=O) groups excluding carboxylic acids is 1. The third kappa shape index (κ3) is 4.09. The van der Waals surface area contributed by atoms with E-state index in [-0.39, 0.29) is 31.6 Å². The van der Waals surface area contributed by atoms with Gasteiger partial charge < -0.3 is 10.2 Å². The Morgan fingerprint density at radius 3 is 2.43 bits per heavy atom. The van der Waals surface area contributed by atoms with Crippen LogP contribution in [0.3, 0.4) is 0 Å². The van der Waals surface area contributed by atoms with Gasteiger partial charge in [0.05, 0.1) is 11.6 Å². The van der Waals surface area contributed by atoms with Crippen LogP contribution in [0.15, 0.2) is 22.7 Å². The van der Waals surface area contributed by atoms with Crippen LogP contribution in [0, 0.1) is 11.7 Å². The van der Waals surface area contributed by atoms with Crippen LogP contribution in [-0.4, -0.2) is 30.2 Å². The molecule has 1 aromatic rings. The van der Waals surface area contributed by atoms with Gasteiger partial charge in [-0.3, -0.25) is 0 Å². The van der Waals surface area contributed by atoms with Crippen LogP contribution >= 0.6 is 15.9 Å². The minimum Gasteiger partial charge on any atom is -0.325 e. The van der Waals surface area contributed by atoms with Crippen LogP contribution in [0.2, 0.25) is 0 Å². The summed E-state index contributed by atoms with van der Waals surface area (Å²) in [5.41, 5.74) is 0.00106. The fourth-order valence-electron chi connectivity index (χ4n) is 2.20. The second-order valence-electron chi connectivity index (χ2n) is 4.86. The molecule has 2 amide bonds. The molecule has 0 atom stereocenters. The molecule has 1 aliphatic heterocycles. The first-order chi connectivity index (χ1) is 9.77. The molecule has 1 fully saturated rings. The van der Waals surface area contributed by atoms with E-state index in [1.54, 1.807) is 6.07 Å². The van der Waals surface area contributed by atoms with Gasteiger partial charge in [-0.25, -0.2) is 9.18 Å². The fourth-order valence-corrected chi connectivity index (χ4v) is 2.53. The summed E-state index contributed by atoms with van der Waals surface area (Å²) in [6.45, 7) is 0.0162. The molecule has 3 nitrogen and oxygen atoms in total. The molecule has 0 spiro atoms. The third-order valence-electron chi connectivity index (χ3n) is 3.42. The number of rotatable bonds is 1. The Kier molecular flexibility index (Phi) is 4.75. The molecule has 1 aliphatic rings. The van der Waals surface area contributed by atoms with Gasteiger partial charge in [0, 0.05) is 17.6 Å². The van der Waals surface area contributed by atoms with Crippen molar-refractivity contribution in [2.75, 3.05) is 18.4 Å². The molecule has 116 valence electrons. The number of anilines is 1. The maximum absolute atomic E-state index is 13.6. The molecule has 8 heteroatoms. The first kappa shape index (κ1) is 16.1. The highest BCUT2D eigenvalue weighted by Gasteiger charge is 2.41. The number of hydrogen-bond acceptors (Lipinski definition) is 1. The second-order valence-corrected chi connectivity index (χ2v) is 5.77. The first-order valence-corrected chi connectivity index (χ1v) is 7.14. The van der Waals surface area contributed by atoms with Gasteiger partial charge in [0.25, 0.3) is 0 Å². The Morgan fingerprint density at radius 1 is 1.29 bits per heavy atom. The largest absolute Gasteiger partial charge is 0.391 e. The topological polar surface area (TPSA) is 32.3 Å². The molecule has 21 heavy (non-hydrogen) atoms. The minimum atomic E-state index is -4.22. The van der Waals surface area contributed by atoms with Gasteiger partial charge in [-0.2, -0.15) is 13.2 Å². The van der Waals surface area contributed by atoms with E-state index in [4.69, 9.17) is 0 Å². The highest BCUT2D eigenvalue weighted by Crippen LogP contribution is 2.34. The zero-order chi connectivity index (χ0) is 15.6. The molecule has 1 aromatic carbocycles. The van der Waals surface area contributed by atoms with Crippen LogP contribution in [0.5, 0.6) is 0 Å². The van der Waals surface area contributed by atoms with E-state index in [0.717, 1.165) is 0 Å². The maximum Gasteiger partial charge on any atom is 0.391 e. The van der Waals surface area contributed by atoms with E-state index < -0.39 is 23.9 Å². The number of urea groups is 1. The summed E-state index contributed by atoms with van der Waals surface area (Å²) in [6.07, 6.45) is -4.47. The average Bonchev–Trinajstić information content (AvgIpc) is 2.41. The molecular formula is C13H13BrF4N2O. The van der Waals surface area contributed by atoms with Crippen LogP contribution in [0.25, 0.3) is 0 Å². The maximum atomic E-state index is 13.6. The van der Waals surface area contributed by atoms with E-state index in [2.05, 4.69) is 21.2 Å². The minimum absolute atomic E-state index is 0.00106. The van der Waals surface area contributed by atoms with Gasteiger partial charge in [-0.05, 0) is 31.0 Å². The van der Waals surface area contributed by atoms with E-state index in [1.165, 1.54) is 17.0 Å². The summed E-state index contributed by atoms with van der Waals surface area (Å²) in [4.78, 5) is 13.2. The Morgan fingerprint density at radius 2 is 1.90 bits per heavy atom. The Labute approximate surface area is 127 Å². The van der Waals surface area contributed by atoms with Gasteiger partial charge in [0.15, 0.2) is 0 Å². The van der Waals surface area contributed by atoms with Crippen LogP contribution in [0.1, 0.15) is 12.8 Å². The summed E-state index contributed by atoms with van der Waals surface area (Å²) in [6, 6.07) is 3.57. The number of hydrogen-bond donors (Lipinski definition) is 1. The summed E-state index contributed by atoms with van der Waals surface area (Å²) in [7, 11) is 0. The smallest absolute Gasteiger partial charge is 0.325 e. The lowest BCUT2D eigenvalue weighted by atomic mass is 9.96. The number of halogens is 5. The molecule has 0 bridgehead atoms. The third-order valence-corrected chi connectivity index (χ3v) is 3.91. The zero-order valence-electron chi connectivity index (χ0n) is 10.9. The Hall–Kier alpha value is -1.31. The Bertz CT molecular complexity index is 527. The van der Waals surface area contributed by atoms with Gasteiger partial charge in [0.1, 0.15) is 5.82 Å². The van der Waals surface area contributed by atoms with E-state index >= 15 is 0 Å². The number of nitrogens with zero attached hydrogens (tertiary/aromatic N) is 1. The molecule has 0 aromatic heterocycles. The van der Waals surface area contributed by atoms with Gasteiger partial charge in [-0.1, -0.05) is 15.9 Å². The molecule has 2 rings (SSSR count). The summed E-state index contributed by atoms with van der Waals surface area (Å²) in [5, 5.41) is 2.37. The normalized spacial score (nSPS) is 16.9. The standard InChI is InChI=1S/C13H13BrF4N2O/c14-9-1-2-11(10(15)7-9)19-12(21)20-5-3-8(4-6-20)13(16,17)18/h1-2,7-8H,3-6H2,(H,19,21). The molecule has 1 heterocycles. The number of piperidine rings is 1. The van der Waals surface area contributed by atoms with Crippen LogP contribution in [-0.2, 0) is 0 Å². The lowest BCUT2D eigenvalue weighted by molar-refractivity contribution is -0.183.